The maximum atomic E-state index is 10.9. The van der Waals surface area contributed by atoms with Gasteiger partial charge in [-0.3, -0.25) is 0 Å². The normalized spacial score (nSPS) is 10.3. The van der Waals surface area contributed by atoms with Crippen molar-refractivity contribution >= 4 is 16.9 Å². The Balaban J connectivity index is 0.00000180. The number of carboxylic acids is 1. The van der Waals surface area contributed by atoms with E-state index in [0.717, 1.165) is 33.5 Å². The summed E-state index contributed by atoms with van der Waals surface area (Å²) in [7, 11) is 1.62. The van der Waals surface area contributed by atoms with Crippen LogP contribution >= 0.6 is 0 Å². The summed E-state index contributed by atoms with van der Waals surface area (Å²) < 4.78 is 7.09. The van der Waals surface area contributed by atoms with Gasteiger partial charge >= 0.3 is 29.6 Å². The molecule has 1 aromatic carbocycles. The summed E-state index contributed by atoms with van der Waals surface area (Å²) in [5, 5.41) is 11.9. The van der Waals surface area contributed by atoms with Crippen LogP contribution in [0.3, 0.4) is 0 Å². The van der Waals surface area contributed by atoms with Crippen LogP contribution < -0.4 is 39.4 Å². The smallest absolute Gasteiger partial charge is 0.548 e. The molecule has 0 spiro atoms. The number of nitrogens with zero attached hydrogens (tertiary/aromatic N) is 1. The Morgan fingerprint density at radius 2 is 1.95 bits per heavy atom. The minimum absolute atomic E-state index is 0. The molecule has 5 heteroatoms. The van der Waals surface area contributed by atoms with Crippen LogP contribution in [-0.4, -0.2) is 17.6 Å². The predicted molar refractivity (Wildman–Crippen MR) is 67.7 cm³/mol. The fourth-order valence-corrected chi connectivity index (χ4v) is 2.43. The standard InChI is InChI=1S/C14H17NO3.Na/c1-8-5-12(18-4)10(3)14-11(8)6-9(2)15(14)7-13(16)17;/h5-6H,7H2,1-4H3,(H,16,17);/q;+1/p-1. The second-order valence-electron chi connectivity index (χ2n) is 4.53. The van der Waals surface area contributed by atoms with E-state index in [1.54, 1.807) is 11.7 Å². The Morgan fingerprint density at radius 1 is 1.32 bits per heavy atom. The van der Waals surface area contributed by atoms with Crippen LogP contribution in [0.5, 0.6) is 5.75 Å². The van der Waals surface area contributed by atoms with Crippen LogP contribution in [0.25, 0.3) is 10.9 Å². The minimum atomic E-state index is -1.09. The topological polar surface area (TPSA) is 54.3 Å². The molecule has 96 valence electrons. The van der Waals surface area contributed by atoms with E-state index in [0.29, 0.717) is 0 Å². The number of carbonyl (C=O) groups is 1. The van der Waals surface area contributed by atoms with E-state index in [1.807, 2.05) is 32.9 Å². The number of benzene rings is 1. The molecule has 0 aliphatic carbocycles. The van der Waals surface area contributed by atoms with Gasteiger partial charge in [0.2, 0.25) is 0 Å². The van der Waals surface area contributed by atoms with Crippen LogP contribution in [0.1, 0.15) is 16.8 Å². The van der Waals surface area contributed by atoms with Crippen LogP contribution in [-0.2, 0) is 11.3 Å². The number of aryl methyl sites for hydroxylation is 3. The third-order valence-corrected chi connectivity index (χ3v) is 3.31. The quantitative estimate of drug-likeness (QED) is 0.626. The molecule has 0 aliphatic rings. The number of aromatic nitrogens is 1. The van der Waals surface area contributed by atoms with Gasteiger partial charge in [-0.2, -0.15) is 0 Å². The third kappa shape index (κ3) is 2.81. The maximum absolute atomic E-state index is 10.9. The number of aliphatic carboxylic acids is 1. The van der Waals surface area contributed by atoms with Crippen LogP contribution in [0, 0.1) is 20.8 Å². The molecule has 0 atom stereocenters. The van der Waals surface area contributed by atoms with Crippen molar-refractivity contribution in [3.8, 4) is 5.75 Å². The number of fused-ring (bicyclic) bond motifs is 1. The molecule has 0 radical (unpaired) electrons. The van der Waals surface area contributed by atoms with Gasteiger partial charge in [-0.15, -0.1) is 0 Å². The number of carbonyl (C=O) groups excluding carboxylic acids is 1. The summed E-state index contributed by atoms with van der Waals surface area (Å²) in [6.07, 6.45) is 0. The molecule has 19 heavy (non-hydrogen) atoms. The molecule has 0 unspecified atom stereocenters. The van der Waals surface area contributed by atoms with E-state index >= 15 is 0 Å². The van der Waals surface area contributed by atoms with Gasteiger partial charge in [-0.1, -0.05) is 0 Å². The van der Waals surface area contributed by atoms with Gasteiger partial charge < -0.3 is 19.2 Å². The first-order chi connectivity index (χ1) is 8.45. The molecule has 0 saturated carbocycles. The second kappa shape index (κ2) is 5.99. The molecule has 0 fully saturated rings. The summed E-state index contributed by atoms with van der Waals surface area (Å²) in [5.74, 6) is -0.312. The molecule has 0 aliphatic heterocycles. The van der Waals surface area contributed by atoms with Gasteiger partial charge in [0, 0.05) is 16.6 Å². The third-order valence-electron chi connectivity index (χ3n) is 3.31. The first-order valence-corrected chi connectivity index (χ1v) is 5.79. The zero-order valence-electron chi connectivity index (χ0n) is 12.0. The zero-order valence-corrected chi connectivity index (χ0v) is 14.0. The van der Waals surface area contributed by atoms with Crippen molar-refractivity contribution in [1.29, 1.82) is 0 Å². The van der Waals surface area contributed by atoms with Crippen molar-refractivity contribution in [2.24, 2.45) is 0 Å². The molecule has 0 bridgehead atoms. The van der Waals surface area contributed by atoms with E-state index in [2.05, 4.69) is 0 Å². The molecule has 2 rings (SSSR count). The Morgan fingerprint density at radius 3 is 2.47 bits per heavy atom. The molecule has 0 N–H and O–H groups in total. The molecule has 4 nitrogen and oxygen atoms in total. The second-order valence-corrected chi connectivity index (χ2v) is 4.53. The minimum Gasteiger partial charge on any atom is -0.548 e. The Kier molecular flexibility index (Phi) is 5.07. The van der Waals surface area contributed by atoms with E-state index in [4.69, 9.17) is 4.74 Å². The van der Waals surface area contributed by atoms with Gasteiger partial charge in [0.25, 0.3) is 0 Å². The Bertz CT molecular complexity index is 631. The molecule has 2 aromatic rings. The average molecular weight is 269 g/mol. The van der Waals surface area contributed by atoms with Gasteiger partial charge in [-0.05, 0) is 38.5 Å². The number of rotatable bonds is 3. The summed E-state index contributed by atoms with van der Waals surface area (Å²) >= 11 is 0. The van der Waals surface area contributed by atoms with Crippen molar-refractivity contribution in [3.63, 3.8) is 0 Å². The number of hydrogen-bond acceptors (Lipinski definition) is 3. The molecule has 1 aromatic heterocycles. The van der Waals surface area contributed by atoms with E-state index < -0.39 is 5.97 Å². The first kappa shape index (κ1) is 16.1. The van der Waals surface area contributed by atoms with Crippen molar-refractivity contribution in [1.82, 2.24) is 4.57 Å². The predicted octanol–water partition coefficient (Wildman–Crippen LogP) is -1.67. The number of methoxy groups -OCH3 is 1. The van der Waals surface area contributed by atoms with Gasteiger partial charge in [0.1, 0.15) is 5.75 Å². The molecule has 0 amide bonds. The summed E-state index contributed by atoms with van der Waals surface area (Å²) in [6, 6.07) is 3.97. The summed E-state index contributed by atoms with van der Waals surface area (Å²) in [5.41, 5.74) is 3.85. The number of ether oxygens (including phenoxy) is 1. The van der Waals surface area contributed by atoms with Gasteiger partial charge in [0.15, 0.2) is 0 Å². The fraction of sp³-hybridized carbons (Fsp3) is 0.357. The SMILES string of the molecule is COc1cc(C)c2cc(C)n(CC(=O)[O-])c2c1C.[Na+]. The maximum Gasteiger partial charge on any atom is 1.00 e. The molecule has 1 heterocycles. The van der Waals surface area contributed by atoms with Crippen molar-refractivity contribution in [2.45, 2.75) is 27.3 Å². The zero-order chi connectivity index (χ0) is 13.4. The van der Waals surface area contributed by atoms with E-state index in [9.17, 15) is 9.90 Å². The molecular formula is C14H16NNaO3. The van der Waals surface area contributed by atoms with Crippen LogP contribution in [0.4, 0.5) is 0 Å². The van der Waals surface area contributed by atoms with Gasteiger partial charge in [-0.25, -0.2) is 0 Å². The van der Waals surface area contributed by atoms with Gasteiger partial charge in [0.05, 0.1) is 25.1 Å². The van der Waals surface area contributed by atoms with Crippen molar-refractivity contribution in [2.75, 3.05) is 7.11 Å². The summed E-state index contributed by atoms with van der Waals surface area (Å²) in [4.78, 5) is 10.9. The Hall–Kier alpha value is -0.970. The van der Waals surface area contributed by atoms with Crippen LogP contribution in [0.15, 0.2) is 12.1 Å². The summed E-state index contributed by atoms with van der Waals surface area (Å²) in [6.45, 7) is 5.69. The first-order valence-electron chi connectivity index (χ1n) is 5.79. The Labute approximate surface area is 134 Å². The number of carboxylic acid groups (broad SMARTS) is 1. The monoisotopic (exact) mass is 269 g/mol. The van der Waals surface area contributed by atoms with Crippen molar-refractivity contribution < 1.29 is 44.2 Å². The number of hydrogen-bond donors (Lipinski definition) is 0. The largest absolute Gasteiger partial charge is 1.00 e. The van der Waals surface area contributed by atoms with Crippen molar-refractivity contribution in [3.05, 3.63) is 29.0 Å². The fourth-order valence-electron chi connectivity index (χ4n) is 2.43. The molecule has 0 saturated heterocycles. The van der Waals surface area contributed by atoms with E-state index in [1.165, 1.54) is 0 Å². The average Bonchev–Trinajstić information content (AvgIpc) is 2.61. The van der Waals surface area contributed by atoms with E-state index in [-0.39, 0.29) is 36.1 Å². The van der Waals surface area contributed by atoms with Crippen LogP contribution in [0.2, 0.25) is 0 Å². The molecular weight excluding hydrogens is 253 g/mol.